The van der Waals surface area contributed by atoms with Crippen LogP contribution in [0.5, 0.6) is 0 Å². The highest BCUT2D eigenvalue weighted by Gasteiger charge is 2.35. The van der Waals surface area contributed by atoms with Crippen LogP contribution in [0.1, 0.15) is 60.4 Å². The lowest BCUT2D eigenvalue weighted by molar-refractivity contribution is -0.128. The Kier molecular flexibility index (Phi) is 7.19. The number of ether oxygens (including phenoxy) is 2. The van der Waals surface area contributed by atoms with Crippen molar-refractivity contribution in [1.82, 2.24) is 4.90 Å². The highest BCUT2D eigenvalue weighted by atomic mass is 32.1. The number of nitrogens with zero attached hydrogens (tertiary/aromatic N) is 1. The second-order valence-electron chi connectivity index (χ2n) is 8.33. The Morgan fingerprint density at radius 2 is 2.00 bits per heavy atom. The SMILES string of the molecule is CNc1sc2c(c1C(=N)OC1CCC(N(C)C)CC1)[C@@H](C[C@H](OC)C(N)=O)CC2. The van der Waals surface area contributed by atoms with Gasteiger partial charge in [-0.25, -0.2) is 0 Å². The van der Waals surface area contributed by atoms with Gasteiger partial charge in [-0.2, -0.15) is 0 Å². The number of thiophene rings is 1. The van der Waals surface area contributed by atoms with Crippen molar-refractivity contribution in [3.8, 4) is 0 Å². The van der Waals surface area contributed by atoms with E-state index in [0.717, 1.165) is 54.7 Å². The Morgan fingerprint density at radius 3 is 2.55 bits per heavy atom. The predicted molar refractivity (Wildman–Crippen MR) is 117 cm³/mol. The summed E-state index contributed by atoms with van der Waals surface area (Å²) in [5.41, 5.74) is 7.50. The van der Waals surface area contributed by atoms with Crippen LogP contribution in [-0.2, 0) is 20.7 Å². The molecule has 1 aromatic rings. The zero-order valence-corrected chi connectivity index (χ0v) is 18.7. The van der Waals surface area contributed by atoms with E-state index in [-0.39, 0.29) is 17.9 Å². The fraction of sp³-hybridized carbons (Fsp3) is 0.714. The Bertz CT molecular complexity index is 741. The van der Waals surface area contributed by atoms with Gasteiger partial charge in [-0.3, -0.25) is 10.2 Å². The molecule has 162 valence electrons. The zero-order chi connectivity index (χ0) is 21.1. The van der Waals surface area contributed by atoms with Gasteiger partial charge in [-0.1, -0.05) is 0 Å². The molecule has 2 aliphatic rings. The molecule has 2 aliphatic carbocycles. The summed E-state index contributed by atoms with van der Waals surface area (Å²) >= 11 is 1.69. The molecule has 0 aliphatic heterocycles. The zero-order valence-electron chi connectivity index (χ0n) is 17.9. The average molecular weight is 423 g/mol. The van der Waals surface area contributed by atoms with Crippen molar-refractivity contribution in [3.63, 3.8) is 0 Å². The van der Waals surface area contributed by atoms with E-state index in [1.165, 1.54) is 12.0 Å². The number of hydrogen-bond donors (Lipinski definition) is 3. The number of amides is 1. The molecule has 2 atom stereocenters. The van der Waals surface area contributed by atoms with Crippen molar-refractivity contribution < 1.29 is 14.3 Å². The van der Waals surface area contributed by atoms with Crippen molar-refractivity contribution in [2.24, 2.45) is 5.73 Å². The molecule has 0 spiro atoms. The number of carbonyl (C=O) groups is 1. The molecule has 29 heavy (non-hydrogen) atoms. The van der Waals surface area contributed by atoms with Crippen LogP contribution in [0.2, 0.25) is 0 Å². The van der Waals surface area contributed by atoms with Crippen molar-refractivity contribution in [3.05, 3.63) is 16.0 Å². The molecule has 1 amide bonds. The summed E-state index contributed by atoms with van der Waals surface area (Å²) < 4.78 is 11.5. The van der Waals surface area contributed by atoms with Crippen molar-refractivity contribution in [2.45, 2.75) is 69.1 Å². The molecule has 0 unspecified atom stereocenters. The quantitative estimate of drug-likeness (QED) is 0.442. The van der Waals surface area contributed by atoms with Gasteiger partial charge in [0, 0.05) is 25.1 Å². The first kappa shape index (κ1) is 22.1. The van der Waals surface area contributed by atoms with Crippen LogP contribution in [0.15, 0.2) is 0 Å². The Labute approximate surface area is 177 Å². The van der Waals surface area contributed by atoms with Gasteiger partial charge in [0.1, 0.15) is 17.2 Å². The van der Waals surface area contributed by atoms with E-state index in [9.17, 15) is 4.79 Å². The molecule has 4 N–H and O–H groups in total. The second kappa shape index (κ2) is 9.45. The third kappa shape index (κ3) is 4.75. The third-order valence-corrected chi connectivity index (χ3v) is 7.65. The van der Waals surface area contributed by atoms with Crippen LogP contribution in [0.4, 0.5) is 5.00 Å². The van der Waals surface area contributed by atoms with Gasteiger partial charge in [0.05, 0.1) is 5.56 Å². The number of aryl methyl sites for hydroxylation is 1. The van der Waals surface area contributed by atoms with E-state index in [0.29, 0.717) is 12.5 Å². The number of primary amides is 1. The molecule has 3 rings (SSSR count). The maximum atomic E-state index is 11.7. The van der Waals surface area contributed by atoms with Crippen LogP contribution in [0.25, 0.3) is 0 Å². The van der Waals surface area contributed by atoms with Crippen molar-refractivity contribution in [2.75, 3.05) is 33.6 Å². The van der Waals surface area contributed by atoms with Gasteiger partial charge in [-0.15, -0.1) is 11.3 Å². The fourth-order valence-corrected chi connectivity index (χ4v) is 5.94. The summed E-state index contributed by atoms with van der Waals surface area (Å²) in [4.78, 5) is 15.2. The van der Waals surface area contributed by atoms with Gasteiger partial charge < -0.3 is 25.4 Å². The van der Waals surface area contributed by atoms with E-state index in [4.69, 9.17) is 20.6 Å². The molecule has 0 saturated heterocycles. The van der Waals surface area contributed by atoms with Crippen LogP contribution >= 0.6 is 11.3 Å². The Morgan fingerprint density at radius 1 is 1.31 bits per heavy atom. The number of anilines is 1. The van der Waals surface area contributed by atoms with Gasteiger partial charge in [0.15, 0.2) is 0 Å². The lowest BCUT2D eigenvalue weighted by Gasteiger charge is -2.33. The topological polar surface area (TPSA) is 101 Å². The number of fused-ring (bicyclic) bond motifs is 1. The molecule has 1 aromatic heterocycles. The lowest BCUT2D eigenvalue weighted by atomic mass is 9.91. The first-order valence-corrected chi connectivity index (χ1v) is 11.2. The Hall–Kier alpha value is -1.64. The molecule has 1 saturated carbocycles. The van der Waals surface area contributed by atoms with E-state index in [1.54, 1.807) is 11.3 Å². The average Bonchev–Trinajstić information content (AvgIpc) is 3.25. The van der Waals surface area contributed by atoms with Crippen LogP contribution in [0.3, 0.4) is 0 Å². The van der Waals surface area contributed by atoms with Gasteiger partial charge in [-0.05, 0) is 70.5 Å². The summed E-state index contributed by atoms with van der Waals surface area (Å²) in [6.07, 6.45) is 6.09. The largest absolute Gasteiger partial charge is 0.474 e. The van der Waals surface area contributed by atoms with E-state index >= 15 is 0 Å². The van der Waals surface area contributed by atoms with E-state index in [1.807, 2.05) is 7.05 Å². The third-order valence-electron chi connectivity index (χ3n) is 6.36. The summed E-state index contributed by atoms with van der Waals surface area (Å²) in [6, 6.07) is 0.603. The standard InChI is InChI=1S/C21H34N4O3S/c1-24-21-18(20(23)28-14-8-6-13(7-9-14)25(2)3)17-12(5-10-16(17)29-21)11-15(27-4)19(22)26/h12-15,23-24H,5-11H2,1-4H3,(H2,22,26)/t12-,13?,14?,15+/m1/s1. The van der Waals surface area contributed by atoms with Gasteiger partial charge in [0.2, 0.25) is 11.8 Å². The van der Waals surface area contributed by atoms with Crippen molar-refractivity contribution in [1.29, 1.82) is 5.41 Å². The Balaban J connectivity index is 1.75. The van der Waals surface area contributed by atoms with Crippen molar-refractivity contribution >= 4 is 28.1 Å². The summed E-state index contributed by atoms with van der Waals surface area (Å²) in [5, 5.41) is 13.0. The summed E-state index contributed by atoms with van der Waals surface area (Å²) in [6.45, 7) is 0. The normalized spacial score (nSPS) is 24.9. The van der Waals surface area contributed by atoms with Gasteiger partial charge in [0.25, 0.3) is 0 Å². The molecular formula is C21H34N4O3S. The molecular weight excluding hydrogens is 388 g/mol. The van der Waals surface area contributed by atoms with Crippen LogP contribution < -0.4 is 11.1 Å². The number of carbonyl (C=O) groups excluding carboxylic acids is 1. The summed E-state index contributed by atoms with van der Waals surface area (Å²) in [5.74, 6) is -0.0279. The monoisotopic (exact) mass is 422 g/mol. The minimum Gasteiger partial charge on any atom is -0.474 e. The lowest BCUT2D eigenvalue weighted by Crippen LogP contribution is -2.35. The molecule has 0 aromatic carbocycles. The van der Waals surface area contributed by atoms with E-state index < -0.39 is 12.0 Å². The maximum Gasteiger partial charge on any atom is 0.246 e. The number of hydrogen-bond acceptors (Lipinski definition) is 7. The maximum absolute atomic E-state index is 11.7. The number of rotatable bonds is 8. The molecule has 1 fully saturated rings. The smallest absolute Gasteiger partial charge is 0.246 e. The molecule has 0 bridgehead atoms. The summed E-state index contributed by atoms with van der Waals surface area (Å²) in [7, 11) is 7.66. The van der Waals surface area contributed by atoms with Crippen LogP contribution in [-0.4, -0.2) is 63.2 Å². The fourth-order valence-electron chi connectivity index (χ4n) is 4.69. The first-order valence-electron chi connectivity index (χ1n) is 10.4. The minimum atomic E-state index is -0.604. The van der Waals surface area contributed by atoms with Gasteiger partial charge >= 0.3 is 0 Å². The van der Waals surface area contributed by atoms with E-state index in [2.05, 4.69) is 24.3 Å². The predicted octanol–water partition coefficient (Wildman–Crippen LogP) is 2.92. The van der Waals surface area contributed by atoms with Crippen LogP contribution in [0, 0.1) is 5.41 Å². The molecule has 8 heteroatoms. The number of methoxy groups -OCH3 is 1. The molecule has 1 heterocycles. The first-order chi connectivity index (χ1) is 13.8. The minimum absolute atomic E-state index is 0.0937. The number of nitrogens with two attached hydrogens (primary N) is 1. The second-order valence-corrected chi connectivity index (χ2v) is 9.44. The number of nitrogens with one attached hydrogen (secondary N) is 2. The molecule has 7 nitrogen and oxygen atoms in total. The molecule has 0 radical (unpaired) electrons. The highest BCUT2D eigenvalue weighted by molar-refractivity contribution is 7.16. The highest BCUT2D eigenvalue weighted by Crippen LogP contribution is 2.47.